The fraction of sp³-hybridized carbons (Fsp3) is 0.444. The van der Waals surface area contributed by atoms with Crippen LogP contribution < -0.4 is 0 Å². The molecule has 1 saturated heterocycles. The van der Waals surface area contributed by atoms with Gasteiger partial charge in [-0.25, -0.2) is 9.78 Å². The third-order valence-corrected chi connectivity index (χ3v) is 4.79. The second-order valence-electron chi connectivity index (χ2n) is 5.94. The molecule has 128 valence electrons. The van der Waals surface area contributed by atoms with E-state index >= 15 is 0 Å². The number of hydrogen-bond acceptors (Lipinski definition) is 6. The van der Waals surface area contributed by atoms with Crippen molar-refractivity contribution in [2.75, 3.05) is 20.3 Å². The molecular formula is C18H22N2O3S. The summed E-state index contributed by atoms with van der Waals surface area (Å²) in [6, 6.07) is 7.62. The predicted molar refractivity (Wildman–Crippen MR) is 93.0 cm³/mol. The van der Waals surface area contributed by atoms with Crippen molar-refractivity contribution in [3.8, 4) is 0 Å². The van der Waals surface area contributed by atoms with Gasteiger partial charge in [-0.2, -0.15) is 11.3 Å². The molecule has 0 aromatic carbocycles. The number of carbonyl (C=O) groups excluding carboxylic acids is 1. The fourth-order valence-corrected chi connectivity index (χ4v) is 3.58. The lowest BCUT2D eigenvalue weighted by atomic mass is 10.2. The first kappa shape index (κ1) is 17.1. The molecule has 2 aromatic rings. The average molecular weight is 346 g/mol. The summed E-state index contributed by atoms with van der Waals surface area (Å²) in [5.74, 6) is -0.402. The maximum absolute atomic E-state index is 11.7. The van der Waals surface area contributed by atoms with Crippen LogP contribution in [0.2, 0.25) is 0 Å². The normalized spacial score (nSPS) is 17.3. The Morgan fingerprint density at radius 1 is 1.42 bits per heavy atom. The molecule has 1 aliphatic heterocycles. The van der Waals surface area contributed by atoms with E-state index in [1.807, 2.05) is 12.1 Å². The second-order valence-corrected chi connectivity index (χ2v) is 6.72. The molecule has 0 aliphatic carbocycles. The summed E-state index contributed by atoms with van der Waals surface area (Å²) in [6.07, 6.45) is 2.52. The van der Waals surface area contributed by atoms with E-state index in [4.69, 9.17) is 9.47 Å². The number of rotatable bonds is 7. The van der Waals surface area contributed by atoms with Gasteiger partial charge < -0.3 is 9.47 Å². The van der Waals surface area contributed by atoms with Gasteiger partial charge in [-0.15, -0.1) is 0 Å². The number of carbonyl (C=O) groups is 1. The SMILES string of the molecule is COC(=O)c1cccc(CN(Cc2ccsc2)C[C@H]2CCCO2)n1. The second kappa shape index (κ2) is 8.37. The third-order valence-electron chi connectivity index (χ3n) is 4.06. The maximum atomic E-state index is 11.7. The molecule has 24 heavy (non-hydrogen) atoms. The van der Waals surface area contributed by atoms with Crippen molar-refractivity contribution in [2.24, 2.45) is 0 Å². The Bertz CT molecular complexity index is 654. The van der Waals surface area contributed by atoms with Crippen molar-refractivity contribution in [2.45, 2.75) is 32.0 Å². The van der Waals surface area contributed by atoms with E-state index in [0.717, 1.165) is 38.2 Å². The van der Waals surface area contributed by atoms with Crippen LogP contribution in [0.1, 0.15) is 34.6 Å². The Kier molecular flexibility index (Phi) is 5.96. The smallest absolute Gasteiger partial charge is 0.356 e. The number of esters is 1. The van der Waals surface area contributed by atoms with E-state index in [1.54, 1.807) is 17.4 Å². The molecule has 0 radical (unpaired) electrons. The first-order valence-electron chi connectivity index (χ1n) is 8.14. The zero-order valence-electron chi connectivity index (χ0n) is 13.8. The van der Waals surface area contributed by atoms with Crippen molar-refractivity contribution in [1.82, 2.24) is 9.88 Å². The lowest BCUT2D eigenvalue weighted by molar-refractivity contribution is 0.0590. The van der Waals surface area contributed by atoms with Gasteiger partial charge in [0.1, 0.15) is 5.69 Å². The summed E-state index contributed by atoms with van der Waals surface area (Å²) in [6.45, 7) is 3.26. The van der Waals surface area contributed by atoms with Gasteiger partial charge in [0.25, 0.3) is 0 Å². The Hall–Kier alpha value is -1.76. The number of ether oxygens (including phenoxy) is 2. The average Bonchev–Trinajstić information content (AvgIpc) is 3.28. The summed E-state index contributed by atoms with van der Waals surface area (Å²) in [4.78, 5) is 18.4. The fourth-order valence-electron chi connectivity index (χ4n) is 2.92. The maximum Gasteiger partial charge on any atom is 0.356 e. The summed E-state index contributed by atoms with van der Waals surface area (Å²) in [5, 5.41) is 4.26. The Labute approximate surface area is 146 Å². The molecule has 5 nitrogen and oxygen atoms in total. The number of pyridine rings is 1. The van der Waals surface area contributed by atoms with Crippen LogP contribution in [0.25, 0.3) is 0 Å². The summed E-state index contributed by atoms with van der Waals surface area (Å²) < 4.78 is 10.5. The highest BCUT2D eigenvalue weighted by Gasteiger charge is 2.20. The summed E-state index contributed by atoms with van der Waals surface area (Å²) in [5.41, 5.74) is 2.51. The van der Waals surface area contributed by atoms with Gasteiger partial charge in [-0.05, 0) is 47.4 Å². The minimum Gasteiger partial charge on any atom is -0.464 e. The van der Waals surface area contributed by atoms with Crippen molar-refractivity contribution in [3.63, 3.8) is 0 Å². The van der Waals surface area contributed by atoms with Gasteiger partial charge in [0.2, 0.25) is 0 Å². The first-order valence-corrected chi connectivity index (χ1v) is 9.08. The molecule has 0 N–H and O–H groups in total. The van der Waals surface area contributed by atoms with E-state index in [-0.39, 0.29) is 6.10 Å². The van der Waals surface area contributed by atoms with Gasteiger partial charge >= 0.3 is 5.97 Å². The van der Waals surface area contributed by atoms with Crippen molar-refractivity contribution < 1.29 is 14.3 Å². The molecule has 0 saturated carbocycles. The molecule has 3 heterocycles. The molecule has 0 spiro atoms. The molecule has 1 fully saturated rings. The first-order chi connectivity index (χ1) is 11.7. The molecule has 6 heteroatoms. The van der Waals surface area contributed by atoms with Crippen LogP contribution in [0.4, 0.5) is 0 Å². The van der Waals surface area contributed by atoms with Gasteiger partial charge in [0.15, 0.2) is 0 Å². The number of methoxy groups -OCH3 is 1. The minimum absolute atomic E-state index is 0.285. The molecule has 0 unspecified atom stereocenters. The largest absolute Gasteiger partial charge is 0.464 e. The van der Waals surface area contributed by atoms with Crippen LogP contribution in [-0.2, 0) is 22.6 Å². The van der Waals surface area contributed by atoms with Gasteiger partial charge in [-0.1, -0.05) is 6.07 Å². The highest BCUT2D eigenvalue weighted by atomic mass is 32.1. The summed E-state index contributed by atoms with van der Waals surface area (Å²) >= 11 is 1.71. The quantitative estimate of drug-likeness (QED) is 0.721. The van der Waals surface area contributed by atoms with Crippen LogP contribution >= 0.6 is 11.3 Å². The zero-order chi connectivity index (χ0) is 16.8. The van der Waals surface area contributed by atoms with Crippen LogP contribution in [0.3, 0.4) is 0 Å². The summed E-state index contributed by atoms with van der Waals surface area (Å²) in [7, 11) is 1.37. The highest BCUT2D eigenvalue weighted by molar-refractivity contribution is 7.07. The Morgan fingerprint density at radius 2 is 2.33 bits per heavy atom. The number of thiophene rings is 1. The third kappa shape index (κ3) is 4.63. The van der Waals surface area contributed by atoms with Crippen LogP contribution in [0.15, 0.2) is 35.0 Å². The van der Waals surface area contributed by atoms with Crippen molar-refractivity contribution in [1.29, 1.82) is 0 Å². The van der Waals surface area contributed by atoms with Crippen LogP contribution in [0, 0.1) is 0 Å². The topological polar surface area (TPSA) is 51.7 Å². The number of aromatic nitrogens is 1. The van der Waals surface area contributed by atoms with E-state index in [2.05, 4.69) is 26.7 Å². The molecular weight excluding hydrogens is 324 g/mol. The molecule has 2 aromatic heterocycles. The van der Waals surface area contributed by atoms with Crippen LogP contribution in [-0.4, -0.2) is 42.2 Å². The molecule has 0 amide bonds. The Morgan fingerprint density at radius 3 is 3.04 bits per heavy atom. The van der Waals surface area contributed by atoms with Crippen LogP contribution in [0.5, 0.6) is 0 Å². The van der Waals surface area contributed by atoms with Gasteiger partial charge in [0.05, 0.1) is 18.9 Å². The zero-order valence-corrected chi connectivity index (χ0v) is 14.6. The Balaban J connectivity index is 1.71. The molecule has 3 rings (SSSR count). The van der Waals surface area contributed by atoms with Gasteiger partial charge in [0, 0.05) is 26.2 Å². The van der Waals surface area contributed by atoms with Crippen molar-refractivity contribution >= 4 is 17.3 Å². The van der Waals surface area contributed by atoms with Gasteiger partial charge in [-0.3, -0.25) is 4.90 Å². The predicted octanol–water partition coefficient (Wildman–Crippen LogP) is 3.11. The van der Waals surface area contributed by atoms with Crippen molar-refractivity contribution in [3.05, 3.63) is 52.0 Å². The molecule has 1 aliphatic rings. The van der Waals surface area contributed by atoms with E-state index < -0.39 is 5.97 Å². The molecule has 0 bridgehead atoms. The lowest BCUT2D eigenvalue weighted by Gasteiger charge is -2.24. The van der Waals surface area contributed by atoms with E-state index in [9.17, 15) is 4.79 Å². The monoisotopic (exact) mass is 346 g/mol. The standard InChI is InChI=1S/C18H22N2O3S/c1-22-18(21)17-6-2-4-15(19-17)11-20(10-14-7-9-24-13-14)12-16-5-3-8-23-16/h2,4,6-7,9,13,16H,3,5,8,10-12H2,1H3/t16-/m1/s1. The van der Waals surface area contributed by atoms with E-state index in [0.29, 0.717) is 12.2 Å². The molecule has 1 atom stereocenters. The highest BCUT2D eigenvalue weighted by Crippen LogP contribution is 2.18. The number of nitrogens with zero attached hydrogens (tertiary/aromatic N) is 2. The minimum atomic E-state index is -0.402. The lowest BCUT2D eigenvalue weighted by Crippen LogP contribution is -2.31. The number of hydrogen-bond donors (Lipinski definition) is 0. The van der Waals surface area contributed by atoms with E-state index in [1.165, 1.54) is 12.7 Å².